The normalized spacial score (nSPS) is 15.4. The molecule has 198 valence electrons. The molecule has 0 bridgehead atoms. The topological polar surface area (TPSA) is 103 Å². The first-order valence-corrected chi connectivity index (χ1v) is 13.6. The third-order valence-corrected chi connectivity index (χ3v) is 8.03. The number of carbonyl (C=O) groups excluding carboxylic acids is 1. The molecule has 0 unspecified atom stereocenters. The summed E-state index contributed by atoms with van der Waals surface area (Å²) in [4.78, 5) is 22.2. The van der Waals surface area contributed by atoms with Gasteiger partial charge in [-0.05, 0) is 63.9 Å². The standard InChI is InChI=1S/C28H38BrN7O/c1-28(2,29)35(4)22-13-15-36(16-14-22)18-26(37)32-21-10-11-24-23(17-21)33-25(34(24)3)12-7-19-5-8-20(9-6-19)27(30)31/h5-6,8-11,17,22H,7,12-16,18H2,1-4H3,(H3,30,31)(H,32,37). The Morgan fingerprint density at radius 3 is 2.49 bits per heavy atom. The fourth-order valence-electron chi connectivity index (χ4n) is 4.96. The maximum atomic E-state index is 12.8. The van der Waals surface area contributed by atoms with Gasteiger partial charge in [0.15, 0.2) is 0 Å². The van der Waals surface area contributed by atoms with Crippen LogP contribution in [0.3, 0.4) is 0 Å². The number of hydrogen-bond acceptors (Lipinski definition) is 5. The first kappa shape index (κ1) is 27.3. The zero-order valence-corrected chi connectivity index (χ0v) is 23.8. The number of fused-ring (bicyclic) bond motifs is 1. The molecule has 37 heavy (non-hydrogen) atoms. The highest BCUT2D eigenvalue weighted by molar-refractivity contribution is 9.10. The van der Waals surface area contributed by atoms with Gasteiger partial charge in [0.05, 0.1) is 22.0 Å². The van der Waals surface area contributed by atoms with Crippen molar-refractivity contribution in [2.75, 3.05) is 32.0 Å². The Morgan fingerprint density at radius 2 is 1.86 bits per heavy atom. The van der Waals surface area contributed by atoms with E-state index in [1.165, 1.54) is 5.56 Å². The summed E-state index contributed by atoms with van der Waals surface area (Å²) in [5.74, 6) is 1.09. The molecule has 1 fully saturated rings. The van der Waals surface area contributed by atoms with Crippen LogP contribution in [0.15, 0.2) is 42.5 Å². The second-order valence-corrected chi connectivity index (χ2v) is 12.4. The molecule has 1 aromatic heterocycles. The number of amides is 1. The number of aromatic nitrogens is 2. The minimum Gasteiger partial charge on any atom is -0.384 e. The monoisotopic (exact) mass is 567 g/mol. The lowest BCUT2D eigenvalue weighted by atomic mass is 10.0. The van der Waals surface area contributed by atoms with Gasteiger partial charge in [-0.1, -0.05) is 40.2 Å². The van der Waals surface area contributed by atoms with Crippen LogP contribution in [0, 0.1) is 5.41 Å². The van der Waals surface area contributed by atoms with E-state index in [1.54, 1.807) is 0 Å². The highest BCUT2D eigenvalue weighted by atomic mass is 79.9. The minimum absolute atomic E-state index is 0.0112. The van der Waals surface area contributed by atoms with Gasteiger partial charge in [-0.15, -0.1) is 0 Å². The van der Waals surface area contributed by atoms with E-state index in [2.05, 4.69) is 56.5 Å². The second-order valence-electron chi connectivity index (χ2n) is 10.5. The summed E-state index contributed by atoms with van der Waals surface area (Å²) >= 11 is 3.75. The second kappa shape index (κ2) is 11.3. The third kappa shape index (κ3) is 6.77. The number of likely N-dealkylation sites (tertiary alicyclic amines) is 1. The number of nitrogens with one attached hydrogen (secondary N) is 2. The molecule has 2 aromatic carbocycles. The molecule has 1 aliphatic rings. The van der Waals surface area contributed by atoms with Gasteiger partial charge in [-0.3, -0.25) is 20.0 Å². The van der Waals surface area contributed by atoms with Crippen molar-refractivity contribution in [2.24, 2.45) is 12.8 Å². The number of nitrogens with two attached hydrogens (primary N) is 1. The quantitative estimate of drug-likeness (QED) is 0.156. The van der Waals surface area contributed by atoms with E-state index in [9.17, 15) is 4.79 Å². The molecule has 0 spiro atoms. The summed E-state index contributed by atoms with van der Waals surface area (Å²) in [6, 6.07) is 14.2. The largest absolute Gasteiger partial charge is 0.384 e. The molecule has 4 rings (SSSR count). The molecule has 1 aliphatic heterocycles. The lowest BCUT2D eigenvalue weighted by molar-refractivity contribution is -0.117. The van der Waals surface area contributed by atoms with Crippen LogP contribution < -0.4 is 11.1 Å². The van der Waals surface area contributed by atoms with Crippen LogP contribution >= 0.6 is 15.9 Å². The molecule has 3 aromatic rings. The fraction of sp³-hybridized carbons (Fsp3) is 0.464. The molecular weight excluding hydrogens is 530 g/mol. The van der Waals surface area contributed by atoms with E-state index in [0.717, 1.165) is 66.9 Å². The Morgan fingerprint density at radius 1 is 1.19 bits per heavy atom. The molecule has 8 nitrogen and oxygen atoms in total. The number of halogens is 1. The van der Waals surface area contributed by atoms with Crippen molar-refractivity contribution in [1.82, 2.24) is 19.4 Å². The van der Waals surface area contributed by atoms with E-state index in [1.807, 2.05) is 49.5 Å². The maximum Gasteiger partial charge on any atom is 0.238 e. The van der Waals surface area contributed by atoms with Crippen LogP contribution in [0.5, 0.6) is 0 Å². The number of hydrogen-bond donors (Lipinski definition) is 3. The van der Waals surface area contributed by atoms with Crippen LogP contribution in [0.25, 0.3) is 11.0 Å². The molecule has 0 radical (unpaired) electrons. The maximum absolute atomic E-state index is 12.8. The highest BCUT2D eigenvalue weighted by Crippen LogP contribution is 2.27. The number of amidine groups is 1. The smallest absolute Gasteiger partial charge is 0.238 e. The van der Waals surface area contributed by atoms with Crippen molar-refractivity contribution < 1.29 is 4.79 Å². The first-order valence-electron chi connectivity index (χ1n) is 12.8. The number of nitrogen functional groups attached to an aromatic ring is 1. The van der Waals surface area contributed by atoms with Crippen LogP contribution in [-0.4, -0.2) is 68.3 Å². The molecular formula is C28H38BrN7O. The molecule has 9 heteroatoms. The van der Waals surface area contributed by atoms with E-state index >= 15 is 0 Å². The molecule has 1 amide bonds. The number of alkyl halides is 1. The molecule has 0 aliphatic carbocycles. The molecule has 0 atom stereocenters. The number of nitrogens with zero attached hydrogens (tertiary/aromatic N) is 4. The van der Waals surface area contributed by atoms with Crippen molar-refractivity contribution >= 4 is 44.4 Å². The summed E-state index contributed by atoms with van der Waals surface area (Å²) in [6.45, 7) is 6.59. The van der Waals surface area contributed by atoms with Crippen LogP contribution in [0.2, 0.25) is 0 Å². The van der Waals surface area contributed by atoms with Gasteiger partial charge in [0.25, 0.3) is 0 Å². The number of benzene rings is 2. The molecule has 0 saturated carbocycles. The van der Waals surface area contributed by atoms with Crippen LogP contribution in [0.1, 0.15) is 43.6 Å². The van der Waals surface area contributed by atoms with Gasteiger partial charge in [0, 0.05) is 43.9 Å². The van der Waals surface area contributed by atoms with Gasteiger partial charge in [0.2, 0.25) is 5.91 Å². The number of aryl methyl sites for hydroxylation is 3. The summed E-state index contributed by atoms with van der Waals surface area (Å²) in [6.07, 6.45) is 3.76. The number of imidazole rings is 1. The Balaban J connectivity index is 1.32. The van der Waals surface area contributed by atoms with E-state index in [4.69, 9.17) is 16.1 Å². The summed E-state index contributed by atoms with van der Waals surface area (Å²) in [7, 11) is 4.19. The molecule has 1 saturated heterocycles. The summed E-state index contributed by atoms with van der Waals surface area (Å²) in [5, 5.41) is 10.6. The predicted octanol–water partition coefficient (Wildman–Crippen LogP) is 4.11. The van der Waals surface area contributed by atoms with Crippen molar-refractivity contribution in [3.8, 4) is 0 Å². The predicted molar refractivity (Wildman–Crippen MR) is 154 cm³/mol. The van der Waals surface area contributed by atoms with Gasteiger partial charge in [0.1, 0.15) is 11.7 Å². The molecule has 2 heterocycles. The summed E-state index contributed by atoms with van der Waals surface area (Å²) < 4.78 is 2.09. The Kier molecular flexibility index (Phi) is 8.36. The SMILES string of the molecule is CN(C1CCN(CC(=O)Nc2ccc3c(c2)nc(CCc2ccc(C(=N)N)cc2)n3C)CC1)C(C)(C)Br. The Labute approximate surface area is 227 Å². The third-order valence-electron chi connectivity index (χ3n) is 7.47. The minimum atomic E-state index is -0.0247. The van der Waals surface area contributed by atoms with Crippen molar-refractivity contribution in [3.05, 3.63) is 59.4 Å². The Hall–Kier alpha value is -2.75. The number of anilines is 1. The molecule has 4 N–H and O–H groups in total. The van der Waals surface area contributed by atoms with Gasteiger partial charge < -0.3 is 15.6 Å². The van der Waals surface area contributed by atoms with Crippen LogP contribution in [-0.2, 0) is 24.7 Å². The van der Waals surface area contributed by atoms with Gasteiger partial charge >= 0.3 is 0 Å². The zero-order valence-electron chi connectivity index (χ0n) is 22.2. The van der Waals surface area contributed by atoms with E-state index < -0.39 is 0 Å². The number of piperidine rings is 1. The van der Waals surface area contributed by atoms with Gasteiger partial charge in [-0.2, -0.15) is 0 Å². The average Bonchev–Trinajstić information content (AvgIpc) is 3.17. The lowest BCUT2D eigenvalue weighted by Crippen LogP contribution is -2.50. The number of carbonyl (C=O) groups is 1. The van der Waals surface area contributed by atoms with Gasteiger partial charge in [-0.25, -0.2) is 4.98 Å². The average molecular weight is 569 g/mol. The highest BCUT2D eigenvalue weighted by Gasteiger charge is 2.30. The van der Waals surface area contributed by atoms with Crippen molar-refractivity contribution in [3.63, 3.8) is 0 Å². The van der Waals surface area contributed by atoms with E-state index in [0.29, 0.717) is 12.6 Å². The summed E-state index contributed by atoms with van der Waals surface area (Å²) in [5.41, 5.74) is 10.2. The fourth-order valence-corrected chi connectivity index (χ4v) is 5.25. The zero-order chi connectivity index (χ0) is 26.7. The first-order chi connectivity index (χ1) is 17.5. The van der Waals surface area contributed by atoms with Crippen molar-refractivity contribution in [1.29, 1.82) is 5.41 Å². The van der Waals surface area contributed by atoms with E-state index in [-0.39, 0.29) is 16.2 Å². The lowest BCUT2D eigenvalue weighted by Gasteiger charge is -2.41. The van der Waals surface area contributed by atoms with Crippen LogP contribution in [0.4, 0.5) is 5.69 Å². The van der Waals surface area contributed by atoms with Crippen molar-refractivity contribution in [2.45, 2.75) is 50.0 Å². The Bertz CT molecular complexity index is 1250. The number of rotatable bonds is 9.